The molecule has 0 bridgehead atoms. The summed E-state index contributed by atoms with van der Waals surface area (Å²) in [5, 5.41) is 9.94. The number of para-hydroxylation sites is 2. The summed E-state index contributed by atoms with van der Waals surface area (Å²) in [5.74, 6) is 0.836. The minimum absolute atomic E-state index is 0.638. The normalized spacial score (nSPS) is 11.7. The number of hydrogen-bond donors (Lipinski definition) is 2. The Hall–Kier alpha value is -3.19. The number of fused-ring (bicyclic) bond motifs is 1. The van der Waals surface area contributed by atoms with Gasteiger partial charge in [0.1, 0.15) is 0 Å². The first-order valence-corrected chi connectivity index (χ1v) is 11.5. The van der Waals surface area contributed by atoms with E-state index in [1.54, 1.807) is 11.3 Å². The van der Waals surface area contributed by atoms with Crippen molar-refractivity contribution in [3.63, 3.8) is 0 Å². The molecule has 0 saturated heterocycles. The molecule has 0 unspecified atom stereocenters. The molecule has 0 radical (unpaired) electrons. The Morgan fingerprint density at radius 3 is 2.65 bits per heavy atom. The van der Waals surface area contributed by atoms with Gasteiger partial charge in [0.25, 0.3) is 0 Å². The lowest BCUT2D eigenvalue weighted by Gasteiger charge is -2.11. The molecule has 4 rings (SSSR count). The van der Waals surface area contributed by atoms with E-state index in [0.29, 0.717) is 6.54 Å². The molecule has 0 spiro atoms. The van der Waals surface area contributed by atoms with Crippen molar-refractivity contribution in [3.8, 4) is 0 Å². The van der Waals surface area contributed by atoms with Crippen LogP contribution in [0.1, 0.15) is 28.8 Å². The fraction of sp³-hybridized carbons (Fsp3) is 0.292. The maximum Gasteiger partial charge on any atom is 0.191 e. The van der Waals surface area contributed by atoms with Crippen molar-refractivity contribution in [1.82, 2.24) is 25.2 Å². The zero-order valence-corrected chi connectivity index (χ0v) is 18.8. The van der Waals surface area contributed by atoms with Crippen molar-refractivity contribution in [3.05, 3.63) is 82.1 Å². The lowest BCUT2D eigenvalue weighted by atomic mass is 10.1. The molecular formula is C24H28N6S. The molecule has 2 aromatic carbocycles. The Labute approximate surface area is 187 Å². The Balaban J connectivity index is 1.33. The SMILES string of the molecule is CCNC(=NCc1ccc(Cn2cnc3ccccc32)cc1)NCCc1csc(C)n1. The van der Waals surface area contributed by atoms with Gasteiger partial charge in [0, 0.05) is 31.4 Å². The first-order valence-electron chi connectivity index (χ1n) is 10.6. The molecule has 2 heterocycles. The first kappa shape index (κ1) is 21.1. The lowest BCUT2D eigenvalue weighted by molar-refractivity contribution is 0.789. The van der Waals surface area contributed by atoms with E-state index in [-0.39, 0.29) is 0 Å². The van der Waals surface area contributed by atoms with E-state index >= 15 is 0 Å². The second-order valence-corrected chi connectivity index (χ2v) is 8.47. The minimum Gasteiger partial charge on any atom is -0.357 e. The van der Waals surface area contributed by atoms with Crippen molar-refractivity contribution in [2.45, 2.75) is 33.4 Å². The quantitative estimate of drug-likeness (QED) is 0.324. The van der Waals surface area contributed by atoms with Gasteiger partial charge in [-0.3, -0.25) is 0 Å². The molecule has 7 heteroatoms. The molecule has 4 aromatic rings. The van der Waals surface area contributed by atoms with Crippen molar-refractivity contribution in [2.75, 3.05) is 13.1 Å². The third kappa shape index (κ3) is 5.70. The average molecular weight is 433 g/mol. The van der Waals surface area contributed by atoms with E-state index in [1.165, 1.54) is 11.1 Å². The zero-order valence-electron chi connectivity index (χ0n) is 18.0. The molecule has 6 nitrogen and oxygen atoms in total. The highest BCUT2D eigenvalue weighted by atomic mass is 32.1. The molecule has 0 fully saturated rings. The van der Waals surface area contributed by atoms with Gasteiger partial charge in [0.15, 0.2) is 5.96 Å². The zero-order chi connectivity index (χ0) is 21.5. The highest BCUT2D eigenvalue weighted by molar-refractivity contribution is 7.09. The third-order valence-corrected chi connectivity index (χ3v) is 5.83. The van der Waals surface area contributed by atoms with Gasteiger partial charge in [-0.1, -0.05) is 36.4 Å². The number of imidazole rings is 1. The van der Waals surface area contributed by atoms with Crippen molar-refractivity contribution in [1.29, 1.82) is 0 Å². The fourth-order valence-electron chi connectivity index (χ4n) is 3.43. The summed E-state index contributed by atoms with van der Waals surface area (Å²) in [7, 11) is 0. The predicted molar refractivity (Wildman–Crippen MR) is 129 cm³/mol. The number of nitrogens with zero attached hydrogens (tertiary/aromatic N) is 4. The van der Waals surface area contributed by atoms with Crippen LogP contribution in [0.4, 0.5) is 0 Å². The van der Waals surface area contributed by atoms with E-state index < -0.39 is 0 Å². The van der Waals surface area contributed by atoms with Gasteiger partial charge < -0.3 is 15.2 Å². The summed E-state index contributed by atoms with van der Waals surface area (Å²) in [6, 6.07) is 16.9. The summed E-state index contributed by atoms with van der Waals surface area (Å²) in [5.41, 5.74) is 5.75. The van der Waals surface area contributed by atoms with E-state index in [1.807, 2.05) is 25.4 Å². The van der Waals surface area contributed by atoms with Crippen LogP contribution >= 0.6 is 11.3 Å². The summed E-state index contributed by atoms with van der Waals surface area (Å²) in [4.78, 5) is 13.7. The monoisotopic (exact) mass is 432 g/mol. The van der Waals surface area contributed by atoms with Crippen LogP contribution in [0.5, 0.6) is 0 Å². The number of aromatic nitrogens is 3. The van der Waals surface area contributed by atoms with Crippen LogP contribution < -0.4 is 10.6 Å². The number of rotatable bonds is 8. The van der Waals surface area contributed by atoms with Crippen LogP contribution in [0.15, 0.2) is 65.2 Å². The molecule has 2 aromatic heterocycles. The molecule has 2 N–H and O–H groups in total. The molecular weight excluding hydrogens is 404 g/mol. The van der Waals surface area contributed by atoms with Gasteiger partial charge in [-0.05, 0) is 37.1 Å². The number of thiazole rings is 1. The molecule has 0 saturated carbocycles. The summed E-state index contributed by atoms with van der Waals surface area (Å²) < 4.78 is 2.18. The maximum absolute atomic E-state index is 4.73. The second-order valence-electron chi connectivity index (χ2n) is 7.41. The predicted octanol–water partition coefficient (Wildman–Crippen LogP) is 4.15. The van der Waals surface area contributed by atoms with Crippen LogP contribution in [0.2, 0.25) is 0 Å². The Morgan fingerprint density at radius 2 is 1.87 bits per heavy atom. The number of nitrogens with one attached hydrogen (secondary N) is 2. The Kier molecular flexibility index (Phi) is 6.94. The van der Waals surface area contributed by atoms with Gasteiger partial charge in [-0.15, -0.1) is 11.3 Å². The van der Waals surface area contributed by atoms with Gasteiger partial charge in [0.2, 0.25) is 0 Å². The van der Waals surface area contributed by atoms with Gasteiger partial charge in [-0.25, -0.2) is 15.0 Å². The first-order chi connectivity index (χ1) is 15.2. The topological polar surface area (TPSA) is 67.1 Å². The van der Waals surface area contributed by atoms with E-state index in [9.17, 15) is 0 Å². The fourth-order valence-corrected chi connectivity index (χ4v) is 4.07. The maximum atomic E-state index is 4.73. The molecule has 0 aliphatic heterocycles. The smallest absolute Gasteiger partial charge is 0.191 e. The number of hydrogen-bond acceptors (Lipinski definition) is 4. The van der Waals surface area contributed by atoms with E-state index in [2.05, 4.69) is 73.9 Å². The highest BCUT2D eigenvalue weighted by Gasteiger charge is 2.04. The Morgan fingerprint density at radius 1 is 1.06 bits per heavy atom. The van der Waals surface area contributed by atoms with Gasteiger partial charge >= 0.3 is 0 Å². The molecule has 31 heavy (non-hydrogen) atoms. The lowest BCUT2D eigenvalue weighted by Crippen LogP contribution is -2.38. The van der Waals surface area contributed by atoms with Gasteiger partial charge in [-0.2, -0.15) is 0 Å². The van der Waals surface area contributed by atoms with Crippen molar-refractivity contribution < 1.29 is 0 Å². The van der Waals surface area contributed by atoms with Crippen molar-refractivity contribution >= 4 is 28.3 Å². The molecule has 0 amide bonds. The molecule has 0 atom stereocenters. The number of guanidine groups is 1. The van der Waals surface area contributed by atoms with Crippen LogP contribution in [0.25, 0.3) is 11.0 Å². The highest BCUT2D eigenvalue weighted by Crippen LogP contribution is 2.15. The van der Waals surface area contributed by atoms with Crippen LogP contribution in [-0.4, -0.2) is 33.6 Å². The number of aryl methyl sites for hydroxylation is 1. The summed E-state index contributed by atoms with van der Waals surface area (Å²) in [6.45, 7) is 7.21. The van der Waals surface area contributed by atoms with E-state index in [4.69, 9.17) is 4.99 Å². The number of benzene rings is 2. The van der Waals surface area contributed by atoms with Gasteiger partial charge in [0.05, 0.1) is 34.6 Å². The van der Waals surface area contributed by atoms with Crippen LogP contribution in [0.3, 0.4) is 0 Å². The standard InChI is InChI=1S/C24H28N6S/c1-3-25-24(26-13-12-21-16-31-18(2)29-21)27-14-19-8-10-20(11-9-19)15-30-17-28-22-6-4-5-7-23(22)30/h4-11,16-17H,3,12-15H2,1-2H3,(H2,25,26,27). The number of aliphatic imine (C=N–C) groups is 1. The van der Waals surface area contributed by atoms with Crippen LogP contribution in [0, 0.1) is 6.92 Å². The summed E-state index contributed by atoms with van der Waals surface area (Å²) >= 11 is 1.69. The Bertz CT molecular complexity index is 1140. The van der Waals surface area contributed by atoms with Crippen molar-refractivity contribution in [2.24, 2.45) is 4.99 Å². The second kappa shape index (κ2) is 10.2. The minimum atomic E-state index is 0.638. The largest absolute Gasteiger partial charge is 0.357 e. The molecule has 0 aliphatic carbocycles. The molecule has 160 valence electrons. The average Bonchev–Trinajstić information content (AvgIpc) is 3.39. The third-order valence-electron chi connectivity index (χ3n) is 5.01. The summed E-state index contributed by atoms with van der Waals surface area (Å²) in [6.07, 6.45) is 2.80. The molecule has 0 aliphatic rings. The van der Waals surface area contributed by atoms with E-state index in [0.717, 1.165) is 53.7 Å². The van der Waals surface area contributed by atoms with Crippen LogP contribution in [-0.2, 0) is 19.5 Å².